The van der Waals surface area contributed by atoms with E-state index in [0.29, 0.717) is 0 Å². The van der Waals surface area contributed by atoms with Crippen LogP contribution in [0, 0.1) is 5.92 Å². The van der Waals surface area contributed by atoms with Crippen molar-refractivity contribution in [1.82, 2.24) is 5.32 Å². The highest BCUT2D eigenvalue weighted by atomic mass is 32.2. The molecule has 0 radical (unpaired) electrons. The quantitative estimate of drug-likeness (QED) is 0.642. The number of benzene rings is 2. The second kappa shape index (κ2) is 8.44. The van der Waals surface area contributed by atoms with Crippen LogP contribution in [0.1, 0.15) is 41.8 Å². The Bertz CT molecular complexity index is 1020. The summed E-state index contributed by atoms with van der Waals surface area (Å²) in [6.45, 7) is 4.05. The molecule has 0 aliphatic carbocycles. The topological polar surface area (TPSA) is 76.4 Å². The molecule has 0 bridgehead atoms. The van der Waals surface area contributed by atoms with Gasteiger partial charge in [0, 0.05) is 0 Å². The highest BCUT2D eigenvalue weighted by Gasteiger charge is 2.22. The number of sulfone groups is 1. The van der Waals surface area contributed by atoms with E-state index >= 15 is 0 Å². The molecule has 0 spiro atoms. The number of rotatable bonds is 7. The van der Waals surface area contributed by atoms with Crippen LogP contribution in [0.15, 0.2) is 82.1 Å². The van der Waals surface area contributed by atoms with E-state index in [9.17, 15) is 13.2 Å². The van der Waals surface area contributed by atoms with E-state index < -0.39 is 9.84 Å². The zero-order valence-corrected chi connectivity index (χ0v) is 16.6. The molecule has 146 valence electrons. The maximum Gasteiger partial charge on any atom is 0.287 e. The Morgan fingerprint density at radius 2 is 1.54 bits per heavy atom. The third-order valence-electron chi connectivity index (χ3n) is 4.43. The number of hydrogen-bond donors (Lipinski definition) is 1. The van der Waals surface area contributed by atoms with Crippen molar-refractivity contribution in [2.75, 3.05) is 0 Å². The van der Waals surface area contributed by atoms with E-state index in [2.05, 4.69) is 5.32 Å². The van der Waals surface area contributed by atoms with Crippen LogP contribution in [0.3, 0.4) is 0 Å². The normalized spacial score (nSPS) is 12.7. The molecule has 5 nitrogen and oxygen atoms in total. The standard InChI is InChI=1S/C22H23NO4S/c1-16(2)21(17-9-5-3-6-10-17)23-22(24)20-14-13-18(27-20)15-28(25,26)19-11-7-4-8-12-19/h3-14,16,21H,15H2,1-2H3,(H,23,24)/t21-/m0/s1. The zero-order valence-electron chi connectivity index (χ0n) is 15.8. The van der Waals surface area contributed by atoms with E-state index in [0.717, 1.165) is 5.56 Å². The van der Waals surface area contributed by atoms with Crippen LogP contribution >= 0.6 is 0 Å². The minimum Gasteiger partial charge on any atom is -0.455 e. The van der Waals surface area contributed by atoms with Crippen molar-refractivity contribution in [3.05, 3.63) is 89.9 Å². The van der Waals surface area contributed by atoms with E-state index in [-0.39, 0.29) is 40.0 Å². The van der Waals surface area contributed by atoms with Crippen molar-refractivity contribution in [2.45, 2.75) is 30.5 Å². The van der Waals surface area contributed by atoms with E-state index in [4.69, 9.17) is 4.42 Å². The Labute approximate surface area is 165 Å². The first-order valence-electron chi connectivity index (χ1n) is 9.09. The molecule has 0 aliphatic rings. The molecule has 1 amide bonds. The average Bonchev–Trinajstić information content (AvgIpc) is 3.15. The third kappa shape index (κ3) is 4.70. The fraction of sp³-hybridized carbons (Fsp3) is 0.227. The maximum absolute atomic E-state index is 12.6. The van der Waals surface area contributed by atoms with Gasteiger partial charge in [0.2, 0.25) is 0 Å². The molecule has 1 aromatic heterocycles. The smallest absolute Gasteiger partial charge is 0.287 e. The number of amides is 1. The summed E-state index contributed by atoms with van der Waals surface area (Å²) >= 11 is 0. The molecule has 3 rings (SSSR count). The molecular formula is C22H23NO4S. The molecule has 1 heterocycles. The first-order valence-corrected chi connectivity index (χ1v) is 10.7. The summed E-state index contributed by atoms with van der Waals surface area (Å²) in [5, 5.41) is 2.97. The predicted octanol–water partition coefficient (Wildman–Crippen LogP) is 4.38. The van der Waals surface area contributed by atoms with Gasteiger partial charge in [0.15, 0.2) is 15.6 Å². The largest absolute Gasteiger partial charge is 0.455 e. The van der Waals surface area contributed by atoms with Crippen molar-refractivity contribution >= 4 is 15.7 Å². The minimum absolute atomic E-state index is 0.0971. The monoisotopic (exact) mass is 397 g/mol. The summed E-state index contributed by atoms with van der Waals surface area (Å²) in [4.78, 5) is 12.9. The van der Waals surface area contributed by atoms with E-state index in [1.807, 2.05) is 44.2 Å². The molecule has 0 aliphatic heterocycles. The minimum atomic E-state index is -3.53. The SMILES string of the molecule is CC(C)[C@H](NC(=O)c1ccc(CS(=O)(=O)c2ccccc2)o1)c1ccccc1. The number of hydrogen-bond acceptors (Lipinski definition) is 4. The van der Waals surface area contributed by atoms with Gasteiger partial charge in [-0.1, -0.05) is 62.4 Å². The Kier molecular flexibility index (Phi) is 5.99. The van der Waals surface area contributed by atoms with Gasteiger partial charge in [-0.3, -0.25) is 4.79 Å². The first-order chi connectivity index (χ1) is 13.4. The third-order valence-corrected chi connectivity index (χ3v) is 6.09. The molecule has 3 aromatic rings. The molecule has 0 saturated heterocycles. The van der Waals surface area contributed by atoms with Crippen LogP contribution in [-0.2, 0) is 15.6 Å². The number of furan rings is 1. The molecule has 2 aromatic carbocycles. The van der Waals surface area contributed by atoms with Crippen LogP contribution < -0.4 is 5.32 Å². The summed E-state index contributed by atoms with van der Waals surface area (Å²) in [5.74, 6) is -0.156. The first kappa shape index (κ1) is 19.9. The second-order valence-electron chi connectivity index (χ2n) is 6.94. The molecule has 0 fully saturated rings. The molecule has 28 heavy (non-hydrogen) atoms. The fourth-order valence-electron chi connectivity index (χ4n) is 2.98. The van der Waals surface area contributed by atoms with Crippen molar-refractivity contribution < 1.29 is 17.6 Å². The van der Waals surface area contributed by atoms with Gasteiger partial charge in [-0.15, -0.1) is 0 Å². The van der Waals surface area contributed by atoms with Crippen molar-refractivity contribution in [3.8, 4) is 0 Å². The number of carbonyl (C=O) groups is 1. The van der Waals surface area contributed by atoms with Gasteiger partial charge in [-0.25, -0.2) is 8.42 Å². The molecule has 0 unspecified atom stereocenters. The molecule has 0 saturated carbocycles. The lowest BCUT2D eigenvalue weighted by atomic mass is 9.96. The highest BCUT2D eigenvalue weighted by molar-refractivity contribution is 7.90. The molecular weight excluding hydrogens is 374 g/mol. The Morgan fingerprint density at radius 1 is 0.929 bits per heavy atom. The van der Waals surface area contributed by atoms with Crippen molar-refractivity contribution in [1.29, 1.82) is 0 Å². The zero-order chi connectivity index (χ0) is 20.1. The molecule has 1 N–H and O–H groups in total. The number of nitrogens with one attached hydrogen (secondary N) is 1. The summed E-state index contributed by atoms with van der Waals surface area (Å²) in [5.41, 5.74) is 1.00. The second-order valence-corrected chi connectivity index (χ2v) is 8.93. The van der Waals surface area contributed by atoms with Crippen LogP contribution in [0.5, 0.6) is 0 Å². The van der Waals surface area contributed by atoms with E-state index in [1.54, 1.807) is 30.3 Å². The van der Waals surface area contributed by atoms with Gasteiger partial charge in [-0.05, 0) is 35.7 Å². The molecule has 6 heteroatoms. The van der Waals surface area contributed by atoms with Gasteiger partial charge in [0.05, 0.1) is 10.9 Å². The lowest BCUT2D eigenvalue weighted by molar-refractivity contribution is 0.0896. The maximum atomic E-state index is 12.6. The summed E-state index contributed by atoms with van der Waals surface area (Å²) in [7, 11) is -3.53. The Hall–Kier alpha value is -2.86. The summed E-state index contributed by atoms with van der Waals surface area (Å²) < 4.78 is 30.5. The van der Waals surface area contributed by atoms with E-state index in [1.165, 1.54) is 12.1 Å². The van der Waals surface area contributed by atoms with Gasteiger partial charge in [-0.2, -0.15) is 0 Å². The van der Waals surface area contributed by atoms with Crippen LogP contribution in [0.4, 0.5) is 0 Å². The van der Waals surface area contributed by atoms with Gasteiger partial charge in [0.1, 0.15) is 11.5 Å². The predicted molar refractivity (Wildman–Crippen MR) is 108 cm³/mol. The van der Waals surface area contributed by atoms with Crippen molar-refractivity contribution in [3.63, 3.8) is 0 Å². The average molecular weight is 397 g/mol. The van der Waals surface area contributed by atoms with Gasteiger partial charge < -0.3 is 9.73 Å². The van der Waals surface area contributed by atoms with Crippen LogP contribution in [0.2, 0.25) is 0 Å². The Balaban J connectivity index is 1.73. The Morgan fingerprint density at radius 3 is 2.14 bits per heavy atom. The van der Waals surface area contributed by atoms with Gasteiger partial charge >= 0.3 is 0 Å². The van der Waals surface area contributed by atoms with Crippen LogP contribution in [-0.4, -0.2) is 14.3 Å². The summed E-state index contributed by atoms with van der Waals surface area (Å²) in [6.07, 6.45) is 0. The van der Waals surface area contributed by atoms with Crippen LogP contribution in [0.25, 0.3) is 0 Å². The lowest BCUT2D eigenvalue weighted by Crippen LogP contribution is -2.31. The lowest BCUT2D eigenvalue weighted by Gasteiger charge is -2.22. The van der Waals surface area contributed by atoms with Gasteiger partial charge in [0.25, 0.3) is 5.91 Å². The highest BCUT2D eigenvalue weighted by Crippen LogP contribution is 2.23. The fourth-order valence-corrected chi connectivity index (χ4v) is 4.25. The van der Waals surface area contributed by atoms with Crippen molar-refractivity contribution in [2.24, 2.45) is 5.92 Å². The summed E-state index contributed by atoms with van der Waals surface area (Å²) in [6, 6.07) is 20.7. The molecule has 1 atom stereocenters. The number of carbonyl (C=O) groups excluding carboxylic acids is 1.